The van der Waals surface area contributed by atoms with Crippen LogP contribution in [0.15, 0.2) is 42.7 Å². The van der Waals surface area contributed by atoms with E-state index in [0.717, 1.165) is 36.1 Å². The van der Waals surface area contributed by atoms with Crippen LogP contribution in [0.2, 0.25) is 0 Å². The van der Waals surface area contributed by atoms with Gasteiger partial charge in [-0.3, -0.25) is 9.78 Å². The molecule has 0 aliphatic carbocycles. The first-order valence-electron chi connectivity index (χ1n) is 9.41. The van der Waals surface area contributed by atoms with Gasteiger partial charge >= 0.3 is 0 Å². The Hall–Kier alpha value is -1.86. The van der Waals surface area contributed by atoms with Crippen LogP contribution < -0.4 is 10.5 Å². The summed E-state index contributed by atoms with van der Waals surface area (Å²) in [6.45, 7) is 2.76. The van der Waals surface area contributed by atoms with Crippen molar-refractivity contribution < 1.29 is 14.3 Å². The van der Waals surface area contributed by atoms with Crippen LogP contribution in [0, 0.1) is 0 Å². The van der Waals surface area contributed by atoms with E-state index in [-0.39, 0.29) is 36.8 Å². The number of carbonyl (C=O) groups is 1. The van der Waals surface area contributed by atoms with Gasteiger partial charge in [0.05, 0.1) is 18.8 Å². The number of nitrogens with zero attached hydrogens (tertiary/aromatic N) is 2. The maximum absolute atomic E-state index is 12.9. The van der Waals surface area contributed by atoms with Crippen molar-refractivity contribution in [1.29, 1.82) is 0 Å². The quantitative estimate of drug-likeness (QED) is 0.664. The Labute approximate surface area is 184 Å². The number of ether oxygens (including phenoxy) is 2. The highest BCUT2D eigenvalue weighted by Crippen LogP contribution is 2.23. The third kappa shape index (κ3) is 6.85. The standard InChI is InChI=1S/C21H27N3O3.2ClH/c1-26-19-5-3-16(4-6-19)17-13-18(15-23-14-17)21(25)24-10-7-20(8-11-24)27-12-2-9-22;;/h3-6,13-15,20H,2,7-12,22H2,1H3;2*1H. The number of hydrogen-bond donors (Lipinski definition) is 1. The molecule has 0 saturated carbocycles. The van der Waals surface area contributed by atoms with Gasteiger partial charge in [0.1, 0.15) is 5.75 Å². The molecule has 2 aromatic rings. The third-order valence-electron chi connectivity index (χ3n) is 4.84. The van der Waals surface area contributed by atoms with Crippen molar-refractivity contribution in [3.8, 4) is 16.9 Å². The molecule has 0 spiro atoms. The second-order valence-electron chi connectivity index (χ2n) is 6.70. The number of halogens is 2. The summed E-state index contributed by atoms with van der Waals surface area (Å²) in [5, 5.41) is 0. The van der Waals surface area contributed by atoms with Gasteiger partial charge in [0, 0.05) is 37.7 Å². The molecule has 1 fully saturated rings. The lowest BCUT2D eigenvalue weighted by Gasteiger charge is -2.32. The van der Waals surface area contributed by atoms with Crippen LogP contribution in [0.5, 0.6) is 5.75 Å². The minimum Gasteiger partial charge on any atom is -0.497 e. The Morgan fingerprint density at radius 1 is 1.14 bits per heavy atom. The molecule has 3 rings (SSSR count). The predicted octanol–water partition coefficient (Wildman–Crippen LogP) is 3.57. The van der Waals surface area contributed by atoms with Crippen LogP contribution >= 0.6 is 24.8 Å². The lowest BCUT2D eigenvalue weighted by atomic mass is 10.0. The highest BCUT2D eigenvalue weighted by molar-refractivity contribution is 5.95. The molecule has 2 heterocycles. The molecule has 1 saturated heterocycles. The lowest BCUT2D eigenvalue weighted by molar-refractivity contribution is 0.00844. The summed E-state index contributed by atoms with van der Waals surface area (Å²) in [5.74, 6) is 0.828. The lowest BCUT2D eigenvalue weighted by Crippen LogP contribution is -2.41. The summed E-state index contributed by atoms with van der Waals surface area (Å²) in [5.41, 5.74) is 8.03. The molecule has 8 heteroatoms. The maximum Gasteiger partial charge on any atom is 0.255 e. The number of nitrogens with two attached hydrogens (primary N) is 1. The van der Waals surface area contributed by atoms with Gasteiger partial charge in [-0.15, -0.1) is 24.8 Å². The average molecular weight is 442 g/mol. The van der Waals surface area contributed by atoms with Crippen molar-refractivity contribution in [2.24, 2.45) is 5.73 Å². The minimum absolute atomic E-state index is 0. The van der Waals surface area contributed by atoms with Gasteiger partial charge < -0.3 is 20.1 Å². The van der Waals surface area contributed by atoms with E-state index in [9.17, 15) is 4.79 Å². The Bertz CT molecular complexity index is 751. The molecule has 1 amide bonds. The van der Waals surface area contributed by atoms with E-state index < -0.39 is 0 Å². The summed E-state index contributed by atoms with van der Waals surface area (Å²) in [4.78, 5) is 19.0. The van der Waals surface area contributed by atoms with E-state index >= 15 is 0 Å². The number of aromatic nitrogens is 1. The first kappa shape index (κ1) is 25.2. The molecule has 2 N–H and O–H groups in total. The molecule has 0 unspecified atom stereocenters. The molecule has 0 atom stereocenters. The van der Waals surface area contributed by atoms with E-state index in [1.54, 1.807) is 19.5 Å². The van der Waals surface area contributed by atoms with Crippen LogP contribution in [0.25, 0.3) is 11.1 Å². The molecule has 160 valence electrons. The van der Waals surface area contributed by atoms with Crippen LogP contribution in [0.3, 0.4) is 0 Å². The van der Waals surface area contributed by atoms with Gasteiger partial charge in [0.15, 0.2) is 0 Å². The molecule has 1 aromatic carbocycles. The van der Waals surface area contributed by atoms with Gasteiger partial charge in [-0.05, 0) is 49.6 Å². The van der Waals surface area contributed by atoms with E-state index in [2.05, 4.69) is 4.98 Å². The number of hydrogen-bond acceptors (Lipinski definition) is 5. The smallest absolute Gasteiger partial charge is 0.255 e. The second kappa shape index (κ2) is 12.6. The van der Waals surface area contributed by atoms with Crippen LogP contribution in [0.4, 0.5) is 0 Å². The zero-order valence-corrected chi connectivity index (χ0v) is 18.2. The fourth-order valence-electron chi connectivity index (χ4n) is 3.24. The first-order chi connectivity index (χ1) is 13.2. The van der Waals surface area contributed by atoms with Crippen molar-refractivity contribution in [2.45, 2.75) is 25.4 Å². The average Bonchev–Trinajstić information content (AvgIpc) is 2.74. The van der Waals surface area contributed by atoms with Gasteiger partial charge in [0.2, 0.25) is 0 Å². The highest BCUT2D eigenvalue weighted by atomic mass is 35.5. The fourth-order valence-corrected chi connectivity index (χ4v) is 3.24. The molecule has 1 aliphatic rings. The van der Waals surface area contributed by atoms with Crippen molar-refractivity contribution in [1.82, 2.24) is 9.88 Å². The Morgan fingerprint density at radius 3 is 2.45 bits per heavy atom. The number of pyridine rings is 1. The Kier molecular flexibility index (Phi) is 11.0. The summed E-state index contributed by atoms with van der Waals surface area (Å²) < 4.78 is 11.0. The normalized spacial score (nSPS) is 13.9. The van der Waals surface area contributed by atoms with Crippen LogP contribution in [-0.4, -0.2) is 55.2 Å². The molecule has 1 aromatic heterocycles. The first-order valence-corrected chi connectivity index (χ1v) is 9.41. The topological polar surface area (TPSA) is 77.7 Å². The molecule has 0 bridgehead atoms. The zero-order chi connectivity index (χ0) is 19.1. The fraction of sp³-hybridized carbons (Fsp3) is 0.429. The van der Waals surface area contributed by atoms with Crippen LogP contribution in [-0.2, 0) is 4.74 Å². The SMILES string of the molecule is COc1ccc(-c2cncc(C(=O)N3CCC(OCCCN)CC3)c2)cc1.Cl.Cl. The number of methoxy groups -OCH3 is 1. The van der Waals surface area contributed by atoms with E-state index in [1.165, 1.54) is 0 Å². The van der Waals surface area contributed by atoms with E-state index in [4.69, 9.17) is 15.2 Å². The van der Waals surface area contributed by atoms with Crippen molar-refractivity contribution >= 4 is 30.7 Å². The second-order valence-corrected chi connectivity index (χ2v) is 6.70. The number of benzene rings is 1. The van der Waals surface area contributed by atoms with Gasteiger partial charge in [-0.2, -0.15) is 0 Å². The summed E-state index contributed by atoms with van der Waals surface area (Å²) in [6.07, 6.45) is 6.24. The molecule has 0 radical (unpaired) electrons. The van der Waals surface area contributed by atoms with Crippen molar-refractivity contribution in [2.75, 3.05) is 33.4 Å². The van der Waals surface area contributed by atoms with Gasteiger partial charge in [0.25, 0.3) is 5.91 Å². The highest BCUT2D eigenvalue weighted by Gasteiger charge is 2.24. The third-order valence-corrected chi connectivity index (χ3v) is 4.84. The van der Waals surface area contributed by atoms with E-state index in [1.807, 2.05) is 35.2 Å². The van der Waals surface area contributed by atoms with Crippen molar-refractivity contribution in [3.63, 3.8) is 0 Å². The minimum atomic E-state index is 0. The molecule has 6 nitrogen and oxygen atoms in total. The molecule has 1 aliphatic heterocycles. The summed E-state index contributed by atoms with van der Waals surface area (Å²) >= 11 is 0. The van der Waals surface area contributed by atoms with E-state index in [0.29, 0.717) is 31.8 Å². The number of amides is 1. The summed E-state index contributed by atoms with van der Waals surface area (Å²) in [7, 11) is 1.64. The Balaban J connectivity index is 0.00000210. The largest absolute Gasteiger partial charge is 0.497 e. The molecular weight excluding hydrogens is 413 g/mol. The number of carbonyl (C=O) groups excluding carboxylic acids is 1. The zero-order valence-electron chi connectivity index (χ0n) is 16.6. The molecular formula is C21H29Cl2N3O3. The number of likely N-dealkylation sites (tertiary alicyclic amines) is 1. The number of rotatable bonds is 7. The van der Waals surface area contributed by atoms with Gasteiger partial charge in [-0.25, -0.2) is 0 Å². The van der Waals surface area contributed by atoms with Crippen molar-refractivity contribution in [3.05, 3.63) is 48.3 Å². The number of piperidine rings is 1. The van der Waals surface area contributed by atoms with Gasteiger partial charge in [-0.1, -0.05) is 12.1 Å². The maximum atomic E-state index is 12.9. The summed E-state index contributed by atoms with van der Waals surface area (Å²) in [6, 6.07) is 9.64. The molecule has 29 heavy (non-hydrogen) atoms. The predicted molar refractivity (Wildman–Crippen MR) is 119 cm³/mol. The Morgan fingerprint density at radius 2 is 1.83 bits per heavy atom. The monoisotopic (exact) mass is 441 g/mol. The van der Waals surface area contributed by atoms with Crippen LogP contribution in [0.1, 0.15) is 29.6 Å².